The van der Waals surface area contributed by atoms with E-state index in [4.69, 9.17) is 7.48 Å². The summed E-state index contributed by atoms with van der Waals surface area (Å²) in [6, 6.07) is 13.7. The average Bonchev–Trinajstić information content (AvgIpc) is 2.84. The lowest BCUT2D eigenvalue weighted by atomic mass is 9.89. The number of nitrogens with zero attached hydrogens (tertiary/aromatic N) is 1. The van der Waals surface area contributed by atoms with Gasteiger partial charge in [0.1, 0.15) is 5.60 Å². The van der Waals surface area contributed by atoms with Crippen LogP contribution in [0.4, 0.5) is 4.79 Å². The molecule has 0 spiro atoms. The third-order valence-electron chi connectivity index (χ3n) is 5.39. The molecule has 0 radical (unpaired) electrons. The van der Waals surface area contributed by atoms with Gasteiger partial charge in [-0.1, -0.05) is 56.1 Å². The Hall–Kier alpha value is -2.85. The van der Waals surface area contributed by atoms with Gasteiger partial charge in [0, 0.05) is 24.5 Å². The number of rotatable bonds is 2. The normalized spacial score (nSPS) is 24.8. The molecule has 4 rings (SSSR count). The number of amides is 5. The highest BCUT2D eigenvalue weighted by atomic mass is 79.9. The number of piperidine rings is 2. The van der Waals surface area contributed by atoms with Gasteiger partial charge >= 0.3 is 6.09 Å². The van der Waals surface area contributed by atoms with Gasteiger partial charge in [-0.15, -0.1) is 0 Å². The maximum atomic E-state index is 12.7. The Morgan fingerprint density at radius 1 is 0.892 bits per heavy atom. The second-order valence-electron chi connectivity index (χ2n) is 9.36. The van der Waals surface area contributed by atoms with Crippen LogP contribution in [0.5, 0.6) is 0 Å². The summed E-state index contributed by atoms with van der Waals surface area (Å²) in [6.07, 6.45) is -0.610. The molecule has 2 aliphatic heterocycles. The molecule has 10 heteroatoms. The average molecular weight is 638 g/mol. The largest absolute Gasteiger partial charge is 0.443 e. The summed E-state index contributed by atoms with van der Waals surface area (Å²) in [5.74, 6) is -5.36. The fraction of sp³-hybridized carbons (Fsp3) is 0.370. The van der Waals surface area contributed by atoms with Crippen LogP contribution < -0.4 is 5.32 Å². The minimum atomic E-state index is -1.68. The highest BCUT2D eigenvalue weighted by Crippen LogP contribution is 2.31. The van der Waals surface area contributed by atoms with E-state index in [0.29, 0.717) is 16.0 Å². The lowest BCUT2D eigenvalue weighted by Gasteiger charge is -2.31. The molecular weight excluding hydrogens is 608 g/mol. The van der Waals surface area contributed by atoms with E-state index in [1.165, 1.54) is 0 Å². The van der Waals surface area contributed by atoms with Crippen molar-refractivity contribution in [3.63, 3.8) is 0 Å². The molecule has 2 fully saturated rings. The van der Waals surface area contributed by atoms with E-state index in [9.17, 15) is 24.0 Å². The first-order chi connectivity index (χ1) is 18.1. The fourth-order valence-corrected chi connectivity index (χ4v) is 4.18. The Labute approximate surface area is 235 Å². The molecule has 0 saturated carbocycles. The van der Waals surface area contributed by atoms with E-state index in [-0.39, 0.29) is 31.6 Å². The lowest BCUT2D eigenvalue weighted by molar-refractivity contribution is -0.148. The van der Waals surface area contributed by atoms with Crippen LogP contribution in [-0.2, 0) is 23.9 Å². The topological polar surface area (TPSA) is 110 Å². The van der Waals surface area contributed by atoms with Crippen LogP contribution in [0.2, 0.25) is 0 Å². The van der Waals surface area contributed by atoms with Gasteiger partial charge in [0.15, 0.2) is 0 Å². The van der Waals surface area contributed by atoms with Crippen molar-refractivity contribution in [2.24, 2.45) is 0 Å². The molecule has 0 aliphatic carbocycles. The SMILES string of the molecule is [2H]C1(c2ccc(Br)cc2)CCC(=O)N(C(=O)OC(C)(C)C)C1=O.[2H]C1(c2ccc(Br)cc2)CCC(=O)NC1=O. The zero-order valence-corrected chi connectivity index (χ0v) is 23.8. The Balaban J connectivity index is 0.000000230. The molecule has 2 aliphatic rings. The van der Waals surface area contributed by atoms with Crippen LogP contribution in [0, 0.1) is 0 Å². The first-order valence-electron chi connectivity index (χ1n) is 12.5. The van der Waals surface area contributed by atoms with Crippen molar-refractivity contribution in [3.05, 3.63) is 68.6 Å². The van der Waals surface area contributed by atoms with E-state index in [1.54, 1.807) is 69.3 Å². The maximum Gasteiger partial charge on any atom is 0.424 e. The molecule has 37 heavy (non-hydrogen) atoms. The number of ether oxygens (including phenoxy) is 1. The highest BCUT2D eigenvalue weighted by molar-refractivity contribution is 9.10. The molecular formula is C27H28Br2N2O6. The van der Waals surface area contributed by atoms with Crippen LogP contribution in [-0.4, -0.2) is 40.2 Å². The van der Waals surface area contributed by atoms with E-state index in [1.807, 2.05) is 0 Å². The zero-order chi connectivity index (χ0) is 29.2. The number of halogens is 2. The van der Waals surface area contributed by atoms with Crippen molar-refractivity contribution < 1.29 is 31.5 Å². The molecule has 2 saturated heterocycles. The number of carbonyl (C=O) groups is 5. The number of hydrogen-bond donors (Lipinski definition) is 1. The van der Waals surface area contributed by atoms with Gasteiger partial charge in [-0.05, 0) is 69.0 Å². The van der Waals surface area contributed by atoms with Gasteiger partial charge < -0.3 is 4.74 Å². The Kier molecular flexibility index (Phi) is 8.45. The van der Waals surface area contributed by atoms with Crippen LogP contribution in [0.15, 0.2) is 57.5 Å². The molecule has 8 nitrogen and oxygen atoms in total. The second-order valence-corrected chi connectivity index (χ2v) is 11.2. The molecule has 1 N–H and O–H groups in total. The van der Waals surface area contributed by atoms with E-state index in [2.05, 4.69) is 37.2 Å². The minimum Gasteiger partial charge on any atom is -0.443 e. The molecule has 196 valence electrons. The molecule has 0 bridgehead atoms. The van der Waals surface area contributed by atoms with Gasteiger partial charge in [-0.25, -0.2) is 4.79 Å². The lowest BCUT2D eigenvalue weighted by Crippen LogP contribution is -2.49. The minimum absolute atomic E-state index is 0.0333. The second kappa shape index (κ2) is 12.1. The Morgan fingerprint density at radius 2 is 1.38 bits per heavy atom. The summed E-state index contributed by atoms with van der Waals surface area (Å²) in [5, 5.41) is 2.21. The number of likely N-dealkylation sites (tertiary alicyclic amines) is 1. The summed E-state index contributed by atoms with van der Waals surface area (Å²) >= 11 is 6.59. The van der Waals surface area contributed by atoms with Crippen LogP contribution in [0.25, 0.3) is 0 Å². The number of imide groups is 4. The van der Waals surface area contributed by atoms with Gasteiger partial charge in [0.2, 0.25) is 23.6 Å². The van der Waals surface area contributed by atoms with Gasteiger partial charge in [0.05, 0.1) is 11.8 Å². The molecule has 2 aromatic rings. The molecule has 0 aromatic heterocycles. The zero-order valence-electron chi connectivity index (χ0n) is 22.6. The van der Waals surface area contributed by atoms with Gasteiger partial charge in [-0.2, -0.15) is 4.90 Å². The third kappa shape index (κ3) is 7.82. The van der Waals surface area contributed by atoms with Crippen molar-refractivity contribution >= 4 is 61.6 Å². The van der Waals surface area contributed by atoms with E-state index >= 15 is 0 Å². The maximum absolute atomic E-state index is 12.7. The Morgan fingerprint density at radius 3 is 1.86 bits per heavy atom. The first-order valence-corrected chi connectivity index (χ1v) is 13.1. The van der Waals surface area contributed by atoms with Crippen LogP contribution in [0.1, 0.15) is 72.1 Å². The Bertz CT molecular complexity index is 1300. The van der Waals surface area contributed by atoms with Crippen molar-refractivity contribution in [2.45, 2.75) is 63.8 Å². The highest BCUT2D eigenvalue weighted by Gasteiger charge is 2.41. The monoisotopic (exact) mass is 636 g/mol. The summed E-state index contributed by atoms with van der Waals surface area (Å²) in [5.41, 5.74) is 0.213. The van der Waals surface area contributed by atoms with E-state index < -0.39 is 41.2 Å². The third-order valence-corrected chi connectivity index (χ3v) is 6.45. The number of carbonyl (C=O) groups excluding carboxylic acids is 5. The first kappa shape index (κ1) is 25.8. The predicted molar refractivity (Wildman–Crippen MR) is 143 cm³/mol. The fourth-order valence-electron chi connectivity index (χ4n) is 3.65. The van der Waals surface area contributed by atoms with Crippen LogP contribution >= 0.6 is 31.9 Å². The van der Waals surface area contributed by atoms with Gasteiger partial charge in [-0.3, -0.25) is 24.5 Å². The summed E-state index contributed by atoms with van der Waals surface area (Å²) in [4.78, 5) is 60.0. The quantitative estimate of drug-likeness (QED) is 0.430. The van der Waals surface area contributed by atoms with E-state index in [0.717, 1.165) is 8.95 Å². The van der Waals surface area contributed by atoms with Crippen molar-refractivity contribution in [1.82, 2.24) is 10.2 Å². The molecule has 2 heterocycles. The summed E-state index contributed by atoms with van der Waals surface area (Å²) in [6.45, 7) is 4.94. The molecule has 2 unspecified atom stereocenters. The summed E-state index contributed by atoms with van der Waals surface area (Å²) < 4.78 is 23.5. The molecule has 5 amide bonds. The van der Waals surface area contributed by atoms with Crippen molar-refractivity contribution in [3.8, 4) is 0 Å². The van der Waals surface area contributed by atoms with Crippen molar-refractivity contribution in [1.29, 1.82) is 0 Å². The van der Waals surface area contributed by atoms with Gasteiger partial charge in [0.25, 0.3) is 0 Å². The standard InChI is InChI=1S/C16H18BrNO4.C11H10BrNO2/c1-16(2,3)22-15(21)18-13(19)9-8-12(14(18)20)10-4-6-11(17)7-5-10;12-8-3-1-7(2-4-8)9-5-6-10(14)13-11(9)15/h4-7,12H,8-9H2,1-3H3;1-4,9H,5-6H2,(H,13,14,15)/i12D;9D. The van der Waals surface area contributed by atoms with Crippen LogP contribution in [0.3, 0.4) is 0 Å². The number of nitrogens with one attached hydrogen (secondary N) is 1. The molecule has 2 atom stereocenters. The number of benzene rings is 2. The summed E-state index contributed by atoms with van der Waals surface area (Å²) in [7, 11) is 0. The number of hydrogen-bond acceptors (Lipinski definition) is 6. The predicted octanol–water partition coefficient (Wildman–Crippen LogP) is 5.59. The molecule has 2 aromatic carbocycles. The smallest absolute Gasteiger partial charge is 0.424 e. The van der Waals surface area contributed by atoms with Crippen molar-refractivity contribution in [2.75, 3.05) is 0 Å².